The second-order valence-corrected chi connectivity index (χ2v) is 10.3. The number of piperidine rings is 1. The summed E-state index contributed by atoms with van der Waals surface area (Å²) in [6.45, 7) is 8.35. The molecule has 7 nitrogen and oxygen atoms in total. The van der Waals surface area contributed by atoms with Crippen molar-refractivity contribution in [3.8, 4) is 0 Å². The van der Waals surface area contributed by atoms with Gasteiger partial charge in [0.25, 0.3) is 5.91 Å². The Kier molecular flexibility index (Phi) is 9.37. The molecule has 1 aromatic rings. The van der Waals surface area contributed by atoms with Crippen molar-refractivity contribution in [2.45, 2.75) is 39.7 Å². The maximum absolute atomic E-state index is 12.8. The topological polar surface area (TPSA) is 81.8 Å². The summed E-state index contributed by atoms with van der Waals surface area (Å²) < 4.78 is 0. The largest absolute Gasteiger partial charge is 0.355 e. The summed E-state index contributed by atoms with van der Waals surface area (Å²) in [5, 5.41) is 6.20. The molecule has 3 amide bonds. The molecule has 0 aliphatic carbocycles. The second-order valence-electron chi connectivity index (χ2n) is 9.52. The van der Waals surface area contributed by atoms with Crippen molar-refractivity contribution >= 4 is 40.9 Å². The van der Waals surface area contributed by atoms with Crippen molar-refractivity contribution < 1.29 is 14.4 Å². The van der Waals surface area contributed by atoms with Crippen LogP contribution in [0.25, 0.3) is 0 Å². The van der Waals surface area contributed by atoms with Gasteiger partial charge in [-0.2, -0.15) is 0 Å². The highest BCUT2D eigenvalue weighted by atomic mass is 35.5. The highest BCUT2D eigenvalue weighted by Gasteiger charge is 2.31. The van der Waals surface area contributed by atoms with Gasteiger partial charge >= 0.3 is 0 Å². The Morgan fingerprint density at radius 3 is 2.41 bits per heavy atom. The minimum absolute atomic E-state index is 0.0185. The Morgan fingerprint density at radius 1 is 1.19 bits per heavy atom. The third kappa shape index (κ3) is 7.36. The van der Waals surface area contributed by atoms with Gasteiger partial charge in [0, 0.05) is 32.1 Å². The Bertz CT molecular complexity index is 837. The van der Waals surface area contributed by atoms with E-state index in [-0.39, 0.29) is 38.8 Å². The molecule has 1 heterocycles. The van der Waals surface area contributed by atoms with E-state index in [9.17, 15) is 14.4 Å². The molecule has 2 N–H and O–H groups in total. The second kappa shape index (κ2) is 11.3. The molecule has 32 heavy (non-hydrogen) atoms. The molecular weight excluding hydrogens is 451 g/mol. The van der Waals surface area contributed by atoms with E-state index in [4.69, 9.17) is 23.2 Å². The average Bonchev–Trinajstić information content (AvgIpc) is 2.72. The number of hydrogen-bond acceptors (Lipinski definition) is 4. The molecule has 0 spiro atoms. The van der Waals surface area contributed by atoms with E-state index in [0.717, 1.165) is 6.54 Å². The lowest BCUT2D eigenvalue weighted by molar-refractivity contribution is -0.137. The van der Waals surface area contributed by atoms with Crippen molar-refractivity contribution in [3.63, 3.8) is 0 Å². The summed E-state index contributed by atoms with van der Waals surface area (Å²) in [5.74, 6) is -0.694. The molecule has 0 aromatic heterocycles. The first-order valence-corrected chi connectivity index (χ1v) is 11.6. The van der Waals surface area contributed by atoms with Crippen LogP contribution >= 0.6 is 23.2 Å². The smallest absolute Gasteiger partial charge is 0.253 e. The zero-order valence-electron chi connectivity index (χ0n) is 19.5. The predicted molar refractivity (Wildman–Crippen MR) is 128 cm³/mol. The number of nitrogens with zero attached hydrogens (tertiary/aromatic N) is 2. The Balaban J connectivity index is 1.83. The first kappa shape index (κ1) is 26.4. The van der Waals surface area contributed by atoms with E-state index in [1.54, 1.807) is 30.0 Å². The van der Waals surface area contributed by atoms with Crippen molar-refractivity contribution in [2.75, 3.05) is 40.3 Å². The van der Waals surface area contributed by atoms with Gasteiger partial charge < -0.3 is 20.4 Å². The summed E-state index contributed by atoms with van der Waals surface area (Å²) >= 11 is 12.1. The Labute approximate surface area is 200 Å². The van der Waals surface area contributed by atoms with Gasteiger partial charge in [-0.1, -0.05) is 43.1 Å². The lowest BCUT2D eigenvalue weighted by Crippen LogP contribution is -2.51. The Hall–Kier alpha value is -1.83. The van der Waals surface area contributed by atoms with Crippen molar-refractivity contribution in [2.24, 2.45) is 11.3 Å². The molecule has 0 radical (unpaired) electrons. The van der Waals surface area contributed by atoms with Crippen LogP contribution in [-0.2, 0) is 9.59 Å². The van der Waals surface area contributed by atoms with Crippen molar-refractivity contribution in [3.05, 3.63) is 33.8 Å². The zero-order chi connectivity index (χ0) is 24.1. The molecular formula is C23H34Cl2N4O3. The van der Waals surface area contributed by atoms with Crippen LogP contribution in [0.5, 0.6) is 0 Å². The number of nitrogens with one attached hydrogen (secondary N) is 2. The highest BCUT2D eigenvalue weighted by Crippen LogP contribution is 2.25. The van der Waals surface area contributed by atoms with Crippen LogP contribution in [0.3, 0.4) is 0 Å². The highest BCUT2D eigenvalue weighted by molar-refractivity contribution is 6.43. The van der Waals surface area contributed by atoms with E-state index in [2.05, 4.69) is 29.4 Å². The van der Waals surface area contributed by atoms with Crippen LogP contribution in [0.4, 0.5) is 0 Å². The standard InChI is InChI=1S/C23H34Cl2N4O3/c1-15(27-21(31)17-7-6-8-18(24)19(17)25)22(32)29-11-9-16(10-12-29)20(30)26-13-23(2,3)14-28(4)5/h6-8,15-16H,9-14H2,1-5H3,(H,26,30)(H,27,31). The first-order chi connectivity index (χ1) is 14.9. The normalized spacial score (nSPS) is 16.1. The molecule has 0 bridgehead atoms. The van der Waals surface area contributed by atoms with E-state index in [1.165, 1.54) is 0 Å². The van der Waals surface area contributed by atoms with Crippen LogP contribution in [0.2, 0.25) is 10.0 Å². The van der Waals surface area contributed by atoms with Gasteiger partial charge in [-0.15, -0.1) is 0 Å². The molecule has 9 heteroatoms. The third-order valence-corrected chi connectivity index (χ3v) is 6.40. The van der Waals surface area contributed by atoms with Gasteiger partial charge in [-0.05, 0) is 51.4 Å². The van der Waals surface area contributed by atoms with E-state index in [1.807, 2.05) is 14.1 Å². The number of amides is 3. The maximum atomic E-state index is 12.8. The SMILES string of the molecule is CC(NC(=O)c1cccc(Cl)c1Cl)C(=O)N1CCC(C(=O)NCC(C)(C)CN(C)C)CC1. The minimum Gasteiger partial charge on any atom is -0.355 e. The van der Waals surface area contributed by atoms with E-state index < -0.39 is 11.9 Å². The molecule has 1 aromatic carbocycles. The van der Waals surface area contributed by atoms with Crippen molar-refractivity contribution in [1.82, 2.24) is 20.4 Å². The first-order valence-electron chi connectivity index (χ1n) is 10.9. The van der Waals surface area contributed by atoms with Crippen LogP contribution in [0.15, 0.2) is 18.2 Å². The fourth-order valence-electron chi connectivity index (χ4n) is 4.03. The number of carbonyl (C=O) groups excluding carboxylic acids is 3. The van der Waals surface area contributed by atoms with Gasteiger partial charge in [0.05, 0.1) is 15.6 Å². The molecule has 1 atom stereocenters. The summed E-state index contributed by atoms with van der Waals surface area (Å²) in [7, 11) is 4.03. The molecule has 0 saturated carbocycles. The molecule has 178 valence electrons. The van der Waals surface area contributed by atoms with Gasteiger partial charge in [0.15, 0.2) is 0 Å². The molecule has 2 rings (SSSR count). The van der Waals surface area contributed by atoms with Crippen LogP contribution in [0, 0.1) is 11.3 Å². The number of likely N-dealkylation sites (tertiary alicyclic amines) is 1. The van der Waals surface area contributed by atoms with Gasteiger partial charge in [-0.25, -0.2) is 0 Å². The zero-order valence-corrected chi connectivity index (χ0v) is 21.0. The van der Waals surface area contributed by atoms with Gasteiger partial charge in [0.2, 0.25) is 11.8 Å². The summed E-state index contributed by atoms with van der Waals surface area (Å²) in [5.41, 5.74) is 0.210. The lowest BCUT2D eigenvalue weighted by Gasteiger charge is -2.34. The van der Waals surface area contributed by atoms with Gasteiger partial charge in [0.1, 0.15) is 6.04 Å². The number of carbonyl (C=O) groups is 3. The number of rotatable bonds is 8. The van der Waals surface area contributed by atoms with E-state index in [0.29, 0.717) is 32.5 Å². The van der Waals surface area contributed by atoms with Gasteiger partial charge in [-0.3, -0.25) is 14.4 Å². The molecule has 1 aliphatic rings. The number of benzene rings is 1. The van der Waals surface area contributed by atoms with Crippen LogP contribution in [0.1, 0.15) is 44.0 Å². The molecule has 1 aliphatic heterocycles. The van der Waals surface area contributed by atoms with Crippen molar-refractivity contribution in [1.29, 1.82) is 0 Å². The van der Waals surface area contributed by atoms with Crippen LogP contribution < -0.4 is 10.6 Å². The van der Waals surface area contributed by atoms with E-state index >= 15 is 0 Å². The maximum Gasteiger partial charge on any atom is 0.253 e. The molecule has 1 unspecified atom stereocenters. The van der Waals surface area contributed by atoms with Crippen LogP contribution in [-0.4, -0.2) is 73.8 Å². The minimum atomic E-state index is -0.713. The number of hydrogen-bond donors (Lipinski definition) is 2. The molecule has 1 fully saturated rings. The Morgan fingerprint density at radius 2 is 1.81 bits per heavy atom. The lowest BCUT2D eigenvalue weighted by atomic mass is 9.91. The monoisotopic (exact) mass is 484 g/mol. The molecule has 1 saturated heterocycles. The fraction of sp³-hybridized carbons (Fsp3) is 0.609. The summed E-state index contributed by atoms with van der Waals surface area (Å²) in [4.78, 5) is 41.7. The third-order valence-electron chi connectivity index (χ3n) is 5.58. The quantitative estimate of drug-likeness (QED) is 0.593. The number of halogens is 2. The predicted octanol–water partition coefficient (Wildman–Crippen LogP) is 3.05. The average molecular weight is 485 g/mol. The fourth-order valence-corrected chi connectivity index (χ4v) is 4.42. The summed E-state index contributed by atoms with van der Waals surface area (Å²) in [6, 6.07) is 4.08. The summed E-state index contributed by atoms with van der Waals surface area (Å²) in [6.07, 6.45) is 1.21.